The molecule has 0 aliphatic heterocycles. The van der Waals surface area contributed by atoms with E-state index in [9.17, 15) is 31.1 Å². The van der Waals surface area contributed by atoms with Crippen LogP contribution in [0.4, 0.5) is 32.0 Å². The van der Waals surface area contributed by atoms with Crippen LogP contribution in [-0.4, -0.2) is 22.5 Å². The summed E-state index contributed by atoms with van der Waals surface area (Å²) in [4.78, 5) is 15.8. The van der Waals surface area contributed by atoms with Crippen LogP contribution >= 0.6 is 11.8 Å². The Hall–Kier alpha value is -2.43. The van der Waals surface area contributed by atoms with Gasteiger partial charge in [-0.3, -0.25) is 4.79 Å². The molecule has 0 aliphatic rings. The molecule has 2 rings (SSSR count). The molecule has 11 heteroatoms. The van der Waals surface area contributed by atoms with Gasteiger partial charge in [0.05, 0.1) is 15.8 Å². The second-order valence-electron chi connectivity index (χ2n) is 5.20. The topological polar surface area (TPSA) is 51.2 Å². The molecule has 0 saturated carbocycles. The van der Waals surface area contributed by atoms with Crippen molar-refractivity contribution < 1.29 is 35.9 Å². The van der Waals surface area contributed by atoms with E-state index >= 15 is 0 Å². The number of carbonyl (C=O) groups is 1. The molecule has 0 fully saturated rings. The number of nitrogens with one attached hydrogen (secondary N) is 1. The maximum Gasteiger partial charge on any atom is 0.573 e. The summed E-state index contributed by atoms with van der Waals surface area (Å²) in [6.45, 7) is 1.51. The lowest BCUT2D eigenvalue weighted by Crippen LogP contribution is -2.22. The number of carbonyl (C=O) groups excluding carboxylic acids is 1. The summed E-state index contributed by atoms with van der Waals surface area (Å²) in [5.74, 6) is -0.928. The van der Waals surface area contributed by atoms with E-state index in [4.69, 9.17) is 0 Å². The average Bonchev–Trinajstić information content (AvgIpc) is 2.55. The number of anilines is 1. The van der Waals surface area contributed by atoms with Gasteiger partial charge in [0.25, 0.3) is 0 Å². The third-order valence-electron chi connectivity index (χ3n) is 3.09. The summed E-state index contributed by atoms with van der Waals surface area (Å²) >= 11 is 0.937. The van der Waals surface area contributed by atoms with Crippen LogP contribution in [0.1, 0.15) is 12.5 Å². The number of benzene rings is 1. The van der Waals surface area contributed by atoms with E-state index in [0.717, 1.165) is 36.0 Å². The molecule has 1 amide bonds. The fourth-order valence-corrected chi connectivity index (χ4v) is 2.62. The van der Waals surface area contributed by atoms with E-state index in [0.29, 0.717) is 6.20 Å². The van der Waals surface area contributed by atoms with Crippen molar-refractivity contribution in [3.8, 4) is 5.75 Å². The van der Waals surface area contributed by atoms with Crippen molar-refractivity contribution in [1.29, 1.82) is 0 Å². The van der Waals surface area contributed by atoms with Crippen LogP contribution in [0.5, 0.6) is 5.75 Å². The Bertz CT molecular complexity index is 775. The van der Waals surface area contributed by atoms with E-state index in [-0.39, 0.29) is 10.7 Å². The van der Waals surface area contributed by atoms with Gasteiger partial charge in [-0.1, -0.05) is 11.8 Å². The average molecular weight is 410 g/mol. The Kier molecular flexibility index (Phi) is 6.24. The zero-order valence-corrected chi connectivity index (χ0v) is 14.4. The molecular weight excluding hydrogens is 398 g/mol. The van der Waals surface area contributed by atoms with Crippen LogP contribution in [0.25, 0.3) is 0 Å². The number of halogens is 6. The van der Waals surface area contributed by atoms with Crippen molar-refractivity contribution >= 4 is 23.4 Å². The second-order valence-corrected chi connectivity index (χ2v) is 6.57. The van der Waals surface area contributed by atoms with Gasteiger partial charge in [-0.05, 0) is 43.3 Å². The van der Waals surface area contributed by atoms with E-state index in [1.165, 1.54) is 19.1 Å². The van der Waals surface area contributed by atoms with Crippen LogP contribution in [0.3, 0.4) is 0 Å². The maximum atomic E-state index is 12.5. The minimum absolute atomic E-state index is 0.222. The second kappa shape index (κ2) is 8.07. The third-order valence-corrected chi connectivity index (χ3v) is 4.14. The summed E-state index contributed by atoms with van der Waals surface area (Å²) in [5.41, 5.74) is -0.660. The number of alkyl halides is 6. The Morgan fingerprint density at radius 1 is 1.07 bits per heavy atom. The Labute approximate surface area is 153 Å². The normalized spacial score (nSPS) is 13.1. The zero-order chi connectivity index (χ0) is 20.2. The summed E-state index contributed by atoms with van der Waals surface area (Å²) in [5, 5.41) is 2.00. The van der Waals surface area contributed by atoms with Crippen LogP contribution in [-0.2, 0) is 11.0 Å². The van der Waals surface area contributed by atoms with Crippen molar-refractivity contribution in [3.05, 3.63) is 48.2 Å². The van der Waals surface area contributed by atoms with Crippen molar-refractivity contribution in [2.45, 2.75) is 29.7 Å². The predicted molar refractivity (Wildman–Crippen MR) is 86.3 cm³/mol. The molecule has 0 aliphatic carbocycles. The minimum Gasteiger partial charge on any atom is -0.406 e. The van der Waals surface area contributed by atoms with Crippen LogP contribution in [0.15, 0.2) is 47.6 Å². The number of amides is 1. The van der Waals surface area contributed by atoms with Crippen molar-refractivity contribution in [3.63, 3.8) is 0 Å². The van der Waals surface area contributed by atoms with Crippen molar-refractivity contribution in [2.24, 2.45) is 0 Å². The molecule has 1 aromatic carbocycles. The first-order valence-electron chi connectivity index (χ1n) is 7.30. The Balaban J connectivity index is 1.93. The summed E-state index contributed by atoms with van der Waals surface area (Å²) in [7, 11) is 0. The van der Waals surface area contributed by atoms with E-state index in [1.807, 2.05) is 0 Å². The number of ether oxygens (including phenoxy) is 1. The number of aromatic nitrogens is 1. The molecular formula is C16H12F6N2O2S. The first kappa shape index (κ1) is 20.9. The highest BCUT2D eigenvalue weighted by Crippen LogP contribution is 2.30. The molecule has 0 spiro atoms. The highest BCUT2D eigenvalue weighted by atomic mass is 32.2. The fourth-order valence-electron chi connectivity index (χ4n) is 1.84. The van der Waals surface area contributed by atoms with Crippen LogP contribution in [0.2, 0.25) is 0 Å². The molecule has 0 saturated heterocycles. The van der Waals surface area contributed by atoms with Gasteiger partial charge in [0.2, 0.25) is 5.91 Å². The number of nitrogens with zero attached hydrogens (tertiary/aromatic N) is 1. The van der Waals surface area contributed by atoms with Gasteiger partial charge in [0, 0.05) is 11.9 Å². The quantitative estimate of drug-likeness (QED) is 0.549. The predicted octanol–water partition coefficient (Wildman–Crippen LogP) is 5.12. The lowest BCUT2D eigenvalue weighted by molar-refractivity contribution is -0.274. The molecule has 2 aromatic rings. The molecule has 1 aromatic heterocycles. The van der Waals surface area contributed by atoms with Gasteiger partial charge in [-0.15, -0.1) is 13.2 Å². The number of hydrogen-bond donors (Lipinski definition) is 1. The number of hydrogen-bond acceptors (Lipinski definition) is 4. The van der Waals surface area contributed by atoms with Gasteiger partial charge in [0.1, 0.15) is 5.75 Å². The van der Waals surface area contributed by atoms with Crippen molar-refractivity contribution in [1.82, 2.24) is 4.98 Å². The molecule has 146 valence electrons. The molecule has 0 bridgehead atoms. The summed E-state index contributed by atoms with van der Waals surface area (Å²) < 4.78 is 77.5. The fraction of sp³-hybridized carbons (Fsp3) is 0.250. The SMILES string of the molecule is CC(Sc1ccc(C(F)(F)F)cn1)C(=O)Nc1ccc(OC(F)(F)F)cc1. The monoisotopic (exact) mass is 410 g/mol. The molecule has 1 atom stereocenters. The highest BCUT2D eigenvalue weighted by Gasteiger charge is 2.31. The van der Waals surface area contributed by atoms with Gasteiger partial charge in [0.15, 0.2) is 0 Å². The standard InChI is InChI=1S/C16H12F6N2O2S/c1-9(27-13-7-2-10(8-23-13)15(17,18)19)14(25)24-11-3-5-12(6-4-11)26-16(20,21)22/h2-9H,1H3,(H,24,25). The summed E-state index contributed by atoms with van der Waals surface area (Å²) in [6.07, 6.45) is -8.64. The summed E-state index contributed by atoms with van der Waals surface area (Å²) in [6, 6.07) is 6.55. The van der Waals surface area contributed by atoms with Gasteiger partial charge >= 0.3 is 12.5 Å². The van der Waals surface area contributed by atoms with E-state index < -0.39 is 35.0 Å². The number of thioether (sulfide) groups is 1. The maximum absolute atomic E-state index is 12.5. The van der Waals surface area contributed by atoms with Crippen LogP contribution in [0, 0.1) is 0 Å². The van der Waals surface area contributed by atoms with Crippen molar-refractivity contribution in [2.75, 3.05) is 5.32 Å². The third kappa shape index (κ3) is 6.66. The molecule has 1 unspecified atom stereocenters. The lowest BCUT2D eigenvalue weighted by Gasteiger charge is -2.13. The first-order valence-corrected chi connectivity index (χ1v) is 8.18. The van der Waals surface area contributed by atoms with Gasteiger partial charge in [-0.25, -0.2) is 4.98 Å². The number of pyridine rings is 1. The van der Waals surface area contributed by atoms with E-state index in [1.54, 1.807) is 0 Å². The molecule has 27 heavy (non-hydrogen) atoms. The smallest absolute Gasteiger partial charge is 0.406 e. The molecule has 4 nitrogen and oxygen atoms in total. The molecule has 0 radical (unpaired) electrons. The molecule has 1 heterocycles. The lowest BCUT2D eigenvalue weighted by atomic mass is 10.3. The first-order chi connectivity index (χ1) is 12.4. The highest BCUT2D eigenvalue weighted by molar-refractivity contribution is 8.00. The molecule has 1 N–H and O–H groups in total. The van der Waals surface area contributed by atoms with Gasteiger partial charge < -0.3 is 10.1 Å². The Morgan fingerprint density at radius 3 is 2.19 bits per heavy atom. The number of rotatable bonds is 5. The Morgan fingerprint density at radius 2 is 1.70 bits per heavy atom. The zero-order valence-electron chi connectivity index (χ0n) is 13.6. The van der Waals surface area contributed by atoms with Gasteiger partial charge in [-0.2, -0.15) is 13.2 Å². The van der Waals surface area contributed by atoms with E-state index in [2.05, 4.69) is 15.0 Å². The minimum atomic E-state index is -4.81. The van der Waals surface area contributed by atoms with Crippen LogP contribution < -0.4 is 10.1 Å². The largest absolute Gasteiger partial charge is 0.573 e.